The number of carboxylic acid groups (broad SMARTS) is 1. The quantitative estimate of drug-likeness (QED) is 0.567. The minimum atomic E-state index is -0.944. The maximum atomic E-state index is 10.2. The Kier molecular flexibility index (Phi) is 2.85. The summed E-state index contributed by atoms with van der Waals surface area (Å²) in [7, 11) is 0. The highest BCUT2D eigenvalue weighted by molar-refractivity contribution is 5.66. The average Bonchev–Trinajstić information content (AvgIpc) is 2.31. The lowest BCUT2D eigenvalue weighted by atomic mass is 10.3. The fourth-order valence-electron chi connectivity index (χ4n) is 1.12. The molecule has 0 unspecified atom stereocenters. The first kappa shape index (κ1) is 10.2. The van der Waals surface area contributed by atoms with Crippen LogP contribution in [0.25, 0.3) is 0 Å². The molecule has 0 radical (unpaired) electrons. The molecule has 4 N–H and O–H groups in total. The van der Waals surface area contributed by atoms with Crippen molar-refractivity contribution in [3.8, 4) is 17.5 Å². The van der Waals surface area contributed by atoms with E-state index >= 15 is 0 Å². The minimum absolute atomic E-state index is 0.0577. The molecule has 0 aliphatic carbocycles. The standard InChI is InChI=1S/C8H11NO5/c10-5-4-6(11)9(8(5)14)3-1-2-7(12)13/h4,10-11,14H,1-3H2,(H,12,13). The van der Waals surface area contributed by atoms with Crippen LogP contribution in [-0.2, 0) is 11.3 Å². The summed E-state index contributed by atoms with van der Waals surface area (Å²) in [6.45, 7) is 0.143. The number of carbonyl (C=O) groups is 1. The zero-order valence-corrected chi connectivity index (χ0v) is 7.34. The van der Waals surface area contributed by atoms with E-state index in [4.69, 9.17) is 10.2 Å². The molecule has 0 atom stereocenters. The fourth-order valence-corrected chi connectivity index (χ4v) is 1.12. The van der Waals surface area contributed by atoms with Gasteiger partial charge in [-0.25, -0.2) is 0 Å². The van der Waals surface area contributed by atoms with E-state index < -0.39 is 17.6 Å². The molecule has 0 amide bonds. The fraction of sp³-hybridized carbons (Fsp3) is 0.375. The first-order chi connectivity index (χ1) is 6.52. The summed E-state index contributed by atoms with van der Waals surface area (Å²) in [6.07, 6.45) is 0.211. The third-order valence-corrected chi connectivity index (χ3v) is 1.80. The number of carboxylic acids is 1. The van der Waals surface area contributed by atoms with Crippen molar-refractivity contribution in [3.63, 3.8) is 0 Å². The Morgan fingerprint density at radius 3 is 2.43 bits per heavy atom. The highest BCUT2D eigenvalue weighted by Gasteiger charge is 2.12. The number of aliphatic carboxylic acids is 1. The van der Waals surface area contributed by atoms with Gasteiger partial charge < -0.3 is 20.4 Å². The molecule has 1 rings (SSSR count). The van der Waals surface area contributed by atoms with Crippen LogP contribution in [0.5, 0.6) is 17.5 Å². The van der Waals surface area contributed by atoms with Crippen molar-refractivity contribution in [2.75, 3.05) is 0 Å². The van der Waals surface area contributed by atoms with Gasteiger partial charge in [0.25, 0.3) is 0 Å². The molecule has 6 nitrogen and oxygen atoms in total. The second-order valence-corrected chi connectivity index (χ2v) is 2.86. The van der Waals surface area contributed by atoms with Gasteiger partial charge in [-0.05, 0) is 6.42 Å². The lowest BCUT2D eigenvalue weighted by Gasteiger charge is -2.04. The van der Waals surface area contributed by atoms with Crippen LogP contribution >= 0.6 is 0 Å². The van der Waals surface area contributed by atoms with Crippen LogP contribution in [0.3, 0.4) is 0 Å². The van der Waals surface area contributed by atoms with Crippen molar-refractivity contribution >= 4 is 5.97 Å². The maximum absolute atomic E-state index is 10.2. The lowest BCUT2D eigenvalue weighted by molar-refractivity contribution is -0.137. The van der Waals surface area contributed by atoms with E-state index in [1.807, 2.05) is 0 Å². The highest BCUT2D eigenvalue weighted by atomic mass is 16.4. The molecule has 0 aromatic carbocycles. The minimum Gasteiger partial charge on any atom is -0.503 e. The van der Waals surface area contributed by atoms with Gasteiger partial charge in [0.2, 0.25) is 5.88 Å². The van der Waals surface area contributed by atoms with Crippen molar-refractivity contribution in [1.82, 2.24) is 4.57 Å². The van der Waals surface area contributed by atoms with Gasteiger partial charge in [0, 0.05) is 19.0 Å². The van der Waals surface area contributed by atoms with Crippen LogP contribution in [0.2, 0.25) is 0 Å². The van der Waals surface area contributed by atoms with E-state index in [0.717, 1.165) is 10.6 Å². The van der Waals surface area contributed by atoms with Gasteiger partial charge in [-0.2, -0.15) is 0 Å². The summed E-state index contributed by atoms with van der Waals surface area (Å²) in [5.41, 5.74) is 0. The molecule has 14 heavy (non-hydrogen) atoms. The van der Waals surface area contributed by atoms with Crippen molar-refractivity contribution in [3.05, 3.63) is 6.07 Å². The average molecular weight is 201 g/mol. The molecule has 0 spiro atoms. The molecule has 0 aliphatic heterocycles. The molecule has 78 valence electrons. The zero-order valence-electron chi connectivity index (χ0n) is 7.34. The highest BCUT2D eigenvalue weighted by Crippen LogP contribution is 2.33. The van der Waals surface area contributed by atoms with Crippen LogP contribution in [0.4, 0.5) is 0 Å². The van der Waals surface area contributed by atoms with E-state index in [0.29, 0.717) is 0 Å². The summed E-state index contributed by atoms with van der Waals surface area (Å²) in [6, 6.07) is 0.996. The summed E-state index contributed by atoms with van der Waals surface area (Å²) in [5.74, 6) is -2.10. The van der Waals surface area contributed by atoms with Crippen LogP contribution < -0.4 is 0 Å². The molecule has 0 saturated heterocycles. The second-order valence-electron chi connectivity index (χ2n) is 2.86. The molecule has 0 bridgehead atoms. The summed E-state index contributed by atoms with van der Waals surface area (Å²) in [5, 5.41) is 35.7. The van der Waals surface area contributed by atoms with Crippen LogP contribution in [0.1, 0.15) is 12.8 Å². The predicted molar refractivity (Wildman–Crippen MR) is 46.3 cm³/mol. The van der Waals surface area contributed by atoms with Gasteiger partial charge >= 0.3 is 5.97 Å². The van der Waals surface area contributed by atoms with Crippen LogP contribution in [-0.4, -0.2) is 31.0 Å². The smallest absolute Gasteiger partial charge is 0.303 e. The Bertz CT molecular complexity index is 344. The number of rotatable bonds is 4. The summed E-state index contributed by atoms with van der Waals surface area (Å²) >= 11 is 0. The molecule has 0 aliphatic rings. The van der Waals surface area contributed by atoms with Gasteiger partial charge in [0.05, 0.1) is 0 Å². The third-order valence-electron chi connectivity index (χ3n) is 1.80. The zero-order chi connectivity index (χ0) is 10.7. The van der Waals surface area contributed by atoms with Gasteiger partial charge in [-0.3, -0.25) is 9.36 Å². The normalized spacial score (nSPS) is 10.3. The number of hydrogen-bond donors (Lipinski definition) is 4. The van der Waals surface area contributed by atoms with Crippen molar-refractivity contribution in [2.24, 2.45) is 0 Å². The maximum Gasteiger partial charge on any atom is 0.303 e. The molecular weight excluding hydrogens is 190 g/mol. The molecule has 1 heterocycles. The van der Waals surface area contributed by atoms with Crippen molar-refractivity contribution < 1.29 is 25.2 Å². The van der Waals surface area contributed by atoms with E-state index in [2.05, 4.69) is 0 Å². The molecule has 6 heteroatoms. The number of aromatic hydroxyl groups is 3. The first-order valence-corrected chi connectivity index (χ1v) is 4.04. The van der Waals surface area contributed by atoms with Crippen LogP contribution in [0.15, 0.2) is 6.07 Å². The Morgan fingerprint density at radius 1 is 1.36 bits per heavy atom. The molecular formula is C8H11NO5. The Hall–Kier alpha value is -1.85. The number of nitrogens with zero attached hydrogens (tertiary/aromatic N) is 1. The van der Waals surface area contributed by atoms with Gasteiger partial charge in [-0.1, -0.05) is 0 Å². The Labute approximate surface area is 79.6 Å². The predicted octanol–water partition coefficient (Wildman–Crippen LogP) is 0.470. The van der Waals surface area contributed by atoms with Gasteiger partial charge in [-0.15, -0.1) is 0 Å². The molecule has 1 aromatic rings. The topological polar surface area (TPSA) is 103 Å². The summed E-state index contributed by atoms with van der Waals surface area (Å²) in [4.78, 5) is 10.2. The van der Waals surface area contributed by atoms with Crippen molar-refractivity contribution in [2.45, 2.75) is 19.4 Å². The van der Waals surface area contributed by atoms with E-state index in [1.54, 1.807) is 0 Å². The largest absolute Gasteiger partial charge is 0.503 e. The van der Waals surface area contributed by atoms with Crippen molar-refractivity contribution in [1.29, 1.82) is 0 Å². The third kappa shape index (κ3) is 2.09. The summed E-state index contributed by atoms with van der Waals surface area (Å²) < 4.78 is 1.04. The van der Waals surface area contributed by atoms with Gasteiger partial charge in [0.15, 0.2) is 11.6 Å². The first-order valence-electron chi connectivity index (χ1n) is 4.04. The Morgan fingerprint density at radius 2 is 2.00 bits per heavy atom. The lowest BCUT2D eigenvalue weighted by Crippen LogP contribution is -2.01. The van der Waals surface area contributed by atoms with E-state index in [1.165, 1.54) is 0 Å². The van der Waals surface area contributed by atoms with E-state index in [-0.39, 0.29) is 25.3 Å². The van der Waals surface area contributed by atoms with Gasteiger partial charge in [0.1, 0.15) is 0 Å². The Balaban J connectivity index is 2.62. The SMILES string of the molecule is O=C(O)CCCn1c(O)cc(O)c1O. The second kappa shape index (κ2) is 3.91. The molecule has 0 saturated carbocycles. The van der Waals surface area contributed by atoms with E-state index in [9.17, 15) is 15.0 Å². The number of aromatic nitrogens is 1. The molecule has 1 aromatic heterocycles. The number of hydrogen-bond acceptors (Lipinski definition) is 4. The van der Waals surface area contributed by atoms with Crippen LogP contribution in [0, 0.1) is 0 Å². The monoisotopic (exact) mass is 201 g/mol. The molecule has 0 fully saturated rings.